The van der Waals surface area contributed by atoms with Crippen molar-refractivity contribution >= 4 is 5.91 Å². The van der Waals surface area contributed by atoms with Crippen molar-refractivity contribution in [3.8, 4) is 0 Å². The van der Waals surface area contributed by atoms with Crippen LogP contribution in [0.15, 0.2) is 0 Å². The normalized spacial score (nSPS) is 26.7. The lowest BCUT2D eigenvalue weighted by molar-refractivity contribution is -0.141. The topological polar surface area (TPSA) is 41.1 Å². The molecule has 1 fully saturated rings. The minimum absolute atomic E-state index is 0.0804. The van der Waals surface area contributed by atoms with Crippen molar-refractivity contribution in [2.45, 2.75) is 57.8 Å². The number of rotatable bonds is 4. The zero-order chi connectivity index (χ0) is 13.8. The molecule has 0 aromatic carbocycles. The molecule has 6 heteroatoms. The fraction of sp³-hybridized carbons (Fsp3) is 0.917. The van der Waals surface area contributed by atoms with Crippen LogP contribution in [0.1, 0.15) is 39.5 Å². The second kappa shape index (κ2) is 6.41. The van der Waals surface area contributed by atoms with Gasteiger partial charge in [0.25, 0.3) is 0 Å². The SMILES string of the molecule is CC(CC(F)(F)F)NC(=O)CC1NCCCC1C. The number of alkyl halides is 3. The third-order valence-electron chi connectivity index (χ3n) is 3.28. The molecule has 0 spiro atoms. The van der Waals surface area contributed by atoms with E-state index in [0.717, 1.165) is 19.4 Å². The number of halogens is 3. The van der Waals surface area contributed by atoms with Crippen molar-refractivity contribution in [2.75, 3.05) is 6.54 Å². The summed E-state index contributed by atoms with van der Waals surface area (Å²) in [6, 6.07) is -0.784. The van der Waals surface area contributed by atoms with Crippen LogP contribution in [0.25, 0.3) is 0 Å². The number of hydrogen-bond donors (Lipinski definition) is 2. The van der Waals surface area contributed by atoms with E-state index in [2.05, 4.69) is 17.6 Å². The molecule has 0 bridgehead atoms. The molecule has 1 aliphatic rings. The van der Waals surface area contributed by atoms with Gasteiger partial charge in [0.15, 0.2) is 0 Å². The summed E-state index contributed by atoms with van der Waals surface area (Å²) in [7, 11) is 0. The molecule has 3 atom stereocenters. The average Bonchev–Trinajstić information content (AvgIpc) is 2.18. The zero-order valence-corrected chi connectivity index (χ0v) is 10.8. The van der Waals surface area contributed by atoms with Gasteiger partial charge in [-0.3, -0.25) is 4.79 Å². The summed E-state index contributed by atoms with van der Waals surface area (Å²) < 4.78 is 36.3. The Bertz CT molecular complexity index is 281. The van der Waals surface area contributed by atoms with Crippen molar-refractivity contribution in [1.29, 1.82) is 0 Å². The van der Waals surface area contributed by atoms with E-state index in [1.165, 1.54) is 6.92 Å². The number of piperidine rings is 1. The van der Waals surface area contributed by atoms with Gasteiger partial charge in [-0.1, -0.05) is 6.92 Å². The summed E-state index contributed by atoms with van der Waals surface area (Å²) in [6.45, 7) is 4.31. The molecule has 2 N–H and O–H groups in total. The lowest BCUT2D eigenvalue weighted by Gasteiger charge is -2.30. The Labute approximate surface area is 106 Å². The second-order valence-electron chi connectivity index (χ2n) is 5.17. The van der Waals surface area contributed by atoms with Gasteiger partial charge in [0.2, 0.25) is 5.91 Å². The first-order valence-corrected chi connectivity index (χ1v) is 6.37. The standard InChI is InChI=1S/C12H21F3N2O/c1-8-4-3-5-16-10(8)6-11(18)17-9(2)7-12(13,14)15/h8-10,16H,3-7H2,1-2H3,(H,17,18). The van der Waals surface area contributed by atoms with Gasteiger partial charge in [0.05, 0.1) is 6.42 Å². The summed E-state index contributed by atoms with van der Waals surface area (Å²) in [4.78, 5) is 11.6. The fourth-order valence-electron chi connectivity index (χ4n) is 2.32. The highest BCUT2D eigenvalue weighted by atomic mass is 19.4. The number of amides is 1. The fourth-order valence-corrected chi connectivity index (χ4v) is 2.32. The number of carbonyl (C=O) groups excluding carboxylic acids is 1. The summed E-state index contributed by atoms with van der Waals surface area (Å²) in [5.41, 5.74) is 0. The van der Waals surface area contributed by atoms with Crippen LogP contribution in [0, 0.1) is 5.92 Å². The molecule has 0 saturated carbocycles. The van der Waals surface area contributed by atoms with Crippen LogP contribution in [0.3, 0.4) is 0 Å². The van der Waals surface area contributed by atoms with E-state index in [-0.39, 0.29) is 18.4 Å². The van der Waals surface area contributed by atoms with Gasteiger partial charge in [0, 0.05) is 18.5 Å². The first kappa shape index (κ1) is 15.3. The Morgan fingerprint density at radius 2 is 2.17 bits per heavy atom. The predicted octanol–water partition coefficient (Wildman–Crippen LogP) is 2.22. The Morgan fingerprint density at radius 1 is 1.50 bits per heavy atom. The van der Waals surface area contributed by atoms with Crippen LogP contribution in [-0.2, 0) is 4.79 Å². The van der Waals surface area contributed by atoms with Crippen LogP contribution in [-0.4, -0.2) is 30.7 Å². The second-order valence-corrected chi connectivity index (χ2v) is 5.17. The molecule has 0 aliphatic carbocycles. The molecule has 3 unspecified atom stereocenters. The maximum absolute atomic E-state index is 12.1. The van der Waals surface area contributed by atoms with Crippen LogP contribution >= 0.6 is 0 Å². The molecule has 1 amide bonds. The van der Waals surface area contributed by atoms with Gasteiger partial charge >= 0.3 is 6.18 Å². The first-order chi connectivity index (χ1) is 8.28. The maximum atomic E-state index is 12.1. The molecule has 1 heterocycles. The average molecular weight is 266 g/mol. The molecule has 18 heavy (non-hydrogen) atoms. The molecule has 1 aliphatic heterocycles. The number of nitrogens with one attached hydrogen (secondary N) is 2. The molecule has 0 aromatic heterocycles. The Kier molecular flexibility index (Phi) is 5.44. The van der Waals surface area contributed by atoms with Crippen LogP contribution in [0.5, 0.6) is 0 Å². The van der Waals surface area contributed by atoms with E-state index in [0.29, 0.717) is 5.92 Å². The Balaban J connectivity index is 2.32. The third-order valence-corrected chi connectivity index (χ3v) is 3.28. The summed E-state index contributed by atoms with van der Waals surface area (Å²) in [5.74, 6) is 0.0837. The molecule has 1 saturated heterocycles. The summed E-state index contributed by atoms with van der Waals surface area (Å²) in [5, 5.41) is 5.64. The van der Waals surface area contributed by atoms with Crippen LogP contribution in [0.2, 0.25) is 0 Å². The lowest BCUT2D eigenvalue weighted by atomic mass is 9.90. The van der Waals surface area contributed by atoms with Crippen molar-refractivity contribution in [3.05, 3.63) is 0 Å². The van der Waals surface area contributed by atoms with Crippen molar-refractivity contribution in [2.24, 2.45) is 5.92 Å². The highest BCUT2D eigenvalue weighted by molar-refractivity contribution is 5.76. The van der Waals surface area contributed by atoms with E-state index in [1.807, 2.05) is 0 Å². The van der Waals surface area contributed by atoms with Gasteiger partial charge in [-0.15, -0.1) is 0 Å². The molecule has 106 valence electrons. The Hall–Kier alpha value is -0.780. The molecule has 0 aromatic rings. The van der Waals surface area contributed by atoms with E-state index < -0.39 is 18.6 Å². The highest BCUT2D eigenvalue weighted by Gasteiger charge is 2.31. The van der Waals surface area contributed by atoms with Gasteiger partial charge in [-0.2, -0.15) is 13.2 Å². The van der Waals surface area contributed by atoms with Crippen molar-refractivity contribution in [3.63, 3.8) is 0 Å². The largest absolute Gasteiger partial charge is 0.391 e. The monoisotopic (exact) mass is 266 g/mol. The van der Waals surface area contributed by atoms with Gasteiger partial charge in [-0.05, 0) is 32.2 Å². The van der Waals surface area contributed by atoms with Crippen LogP contribution < -0.4 is 10.6 Å². The van der Waals surface area contributed by atoms with Crippen molar-refractivity contribution < 1.29 is 18.0 Å². The zero-order valence-electron chi connectivity index (χ0n) is 10.8. The summed E-state index contributed by atoms with van der Waals surface area (Å²) in [6.07, 6.45) is -2.81. The van der Waals surface area contributed by atoms with E-state index in [9.17, 15) is 18.0 Å². The lowest BCUT2D eigenvalue weighted by Crippen LogP contribution is -2.45. The smallest absolute Gasteiger partial charge is 0.353 e. The van der Waals surface area contributed by atoms with Crippen molar-refractivity contribution in [1.82, 2.24) is 10.6 Å². The van der Waals surface area contributed by atoms with Gasteiger partial charge < -0.3 is 10.6 Å². The summed E-state index contributed by atoms with van der Waals surface area (Å²) >= 11 is 0. The van der Waals surface area contributed by atoms with Gasteiger partial charge in [-0.25, -0.2) is 0 Å². The number of carbonyl (C=O) groups is 1. The molecule has 1 rings (SSSR count). The molecule has 3 nitrogen and oxygen atoms in total. The Morgan fingerprint density at radius 3 is 2.72 bits per heavy atom. The third kappa shape index (κ3) is 5.71. The highest BCUT2D eigenvalue weighted by Crippen LogP contribution is 2.22. The minimum Gasteiger partial charge on any atom is -0.353 e. The van der Waals surface area contributed by atoms with Gasteiger partial charge in [0.1, 0.15) is 0 Å². The quantitative estimate of drug-likeness (QED) is 0.819. The van der Waals surface area contributed by atoms with Crippen LogP contribution in [0.4, 0.5) is 13.2 Å². The van der Waals surface area contributed by atoms with E-state index >= 15 is 0 Å². The number of hydrogen-bond acceptors (Lipinski definition) is 2. The molecular weight excluding hydrogens is 245 g/mol. The molecular formula is C12H21F3N2O. The maximum Gasteiger partial charge on any atom is 0.391 e. The predicted molar refractivity (Wildman–Crippen MR) is 63.1 cm³/mol. The first-order valence-electron chi connectivity index (χ1n) is 6.37. The molecule has 0 radical (unpaired) electrons. The van der Waals surface area contributed by atoms with E-state index in [4.69, 9.17) is 0 Å². The minimum atomic E-state index is -4.23. The van der Waals surface area contributed by atoms with E-state index in [1.54, 1.807) is 0 Å².